The van der Waals surface area contributed by atoms with Gasteiger partial charge in [0.2, 0.25) is 10.0 Å². The monoisotopic (exact) mass is 444 g/mol. The zero-order chi connectivity index (χ0) is 22.4. The average Bonchev–Trinajstić information content (AvgIpc) is 2.66. The summed E-state index contributed by atoms with van der Waals surface area (Å²) in [6.07, 6.45) is -4.84. The van der Waals surface area contributed by atoms with Crippen molar-refractivity contribution in [2.75, 3.05) is 11.9 Å². The number of nitrogens with zero attached hydrogens (tertiary/aromatic N) is 1. The first-order valence-electron chi connectivity index (χ1n) is 8.96. The summed E-state index contributed by atoms with van der Waals surface area (Å²) in [7, 11) is -3.59. The Morgan fingerprint density at radius 1 is 1.13 bits per heavy atom. The van der Waals surface area contributed by atoms with Crippen molar-refractivity contribution in [2.45, 2.75) is 31.7 Å². The number of rotatable bonds is 8. The minimum atomic E-state index is -4.84. The minimum Gasteiger partial charge on any atom is -0.404 e. The summed E-state index contributed by atoms with van der Waals surface area (Å²) in [6, 6.07) is 11.5. The Morgan fingerprint density at radius 2 is 1.77 bits per heavy atom. The van der Waals surface area contributed by atoms with Crippen molar-refractivity contribution < 1.29 is 26.3 Å². The van der Waals surface area contributed by atoms with Crippen LogP contribution in [-0.2, 0) is 16.6 Å². The molecule has 0 aliphatic rings. The summed E-state index contributed by atoms with van der Waals surface area (Å²) in [5.74, 6) is -0.384. The van der Waals surface area contributed by atoms with Crippen LogP contribution in [0.25, 0.3) is 0 Å². The molecule has 30 heavy (non-hydrogen) atoms. The molecule has 164 valence electrons. The number of nitrogens with one attached hydrogen (secondary N) is 2. The van der Waals surface area contributed by atoms with E-state index in [2.05, 4.69) is 19.8 Å². The van der Waals surface area contributed by atoms with Crippen LogP contribution in [0.1, 0.15) is 19.4 Å². The molecule has 0 radical (unpaired) electrons. The summed E-state index contributed by atoms with van der Waals surface area (Å²) in [4.78, 5) is 4.19. The highest BCUT2D eigenvalue weighted by atomic mass is 32.2. The molecule has 0 fully saturated rings. The number of alkyl halides is 3. The highest BCUT2D eigenvalue weighted by Gasteiger charge is 2.32. The van der Waals surface area contributed by atoms with Gasteiger partial charge in [-0.25, -0.2) is 18.1 Å². The second-order valence-corrected chi connectivity index (χ2v) is 8.53. The van der Waals surface area contributed by atoms with E-state index < -0.39 is 22.1 Å². The largest absolute Gasteiger partial charge is 0.573 e. The summed E-state index contributed by atoms with van der Waals surface area (Å²) in [5.41, 5.74) is 6.43. The van der Waals surface area contributed by atoms with Gasteiger partial charge in [0.05, 0.1) is 17.1 Å². The lowest BCUT2D eigenvalue weighted by atomic mass is 10.2. The first-order valence-corrected chi connectivity index (χ1v) is 10.4. The van der Waals surface area contributed by atoms with Crippen molar-refractivity contribution in [1.82, 2.24) is 4.72 Å². The molecule has 2 aromatic carbocycles. The van der Waals surface area contributed by atoms with E-state index in [0.717, 1.165) is 6.07 Å². The van der Waals surface area contributed by atoms with E-state index in [4.69, 9.17) is 5.73 Å². The van der Waals surface area contributed by atoms with Crippen molar-refractivity contribution in [3.8, 4) is 5.75 Å². The van der Waals surface area contributed by atoms with Crippen LogP contribution < -0.4 is 20.5 Å². The number of para-hydroxylation sites is 2. The van der Waals surface area contributed by atoms with Crippen LogP contribution in [0.3, 0.4) is 0 Å². The molecule has 0 bridgehead atoms. The molecule has 0 aliphatic carbocycles. The van der Waals surface area contributed by atoms with Crippen LogP contribution in [-0.4, -0.2) is 27.3 Å². The molecule has 0 spiro atoms. The highest BCUT2D eigenvalue weighted by Crippen LogP contribution is 2.29. The first-order chi connectivity index (χ1) is 14.0. The molecule has 2 aromatic rings. The van der Waals surface area contributed by atoms with Crippen LogP contribution in [0.15, 0.2) is 58.4 Å². The maximum absolute atomic E-state index is 12.5. The van der Waals surface area contributed by atoms with E-state index in [9.17, 15) is 21.6 Å². The lowest BCUT2D eigenvalue weighted by Gasteiger charge is -2.14. The molecule has 0 unspecified atom stereocenters. The van der Waals surface area contributed by atoms with Gasteiger partial charge in [-0.15, -0.1) is 13.2 Å². The van der Waals surface area contributed by atoms with Gasteiger partial charge in [0, 0.05) is 6.54 Å². The molecule has 0 heterocycles. The van der Waals surface area contributed by atoms with Gasteiger partial charge in [-0.2, -0.15) is 0 Å². The van der Waals surface area contributed by atoms with Crippen LogP contribution in [0, 0.1) is 5.92 Å². The van der Waals surface area contributed by atoms with Crippen LogP contribution >= 0.6 is 0 Å². The quantitative estimate of drug-likeness (QED) is 0.427. The maximum atomic E-state index is 12.5. The zero-order valence-corrected chi connectivity index (χ0v) is 17.2. The molecular weight excluding hydrogens is 421 g/mol. The van der Waals surface area contributed by atoms with Gasteiger partial charge in [0.15, 0.2) is 11.7 Å². The fourth-order valence-electron chi connectivity index (χ4n) is 2.27. The third-order valence-electron chi connectivity index (χ3n) is 3.72. The molecule has 2 rings (SSSR count). The molecule has 0 saturated carbocycles. The second kappa shape index (κ2) is 9.81. The Balaban J connectivity index is 2.03. The van der Waals surface area contributed by atoms with E-state index in [1.54, 1.807) is 12.1 Å². The number of guanidine groups is 1. The van der Waals surface area contributed by atoms with Gasteiger partial charge in [-0.3, -0.25) is 0 Å². The van der Waals surface area contributed by atoms with Gasteiger partial charge in [0.1, 0.15) is 0 Å². The topological polar surface area (TPSA) is 106 Å². The number of nitrogens with two attached hydrogens (primary N) is 1. The van der Waals surface area contributed by atoms with Gasteiger partial charge >= 0.3 is 6.36 Å². The van der Waals surface area contributed by atoms with Gasteiger partial charge in [-0.1, -0.05) is 38.1 Å². The number of hydrogen-bond acceptors (Lipinski definition) is 4. The SMILES string of the molecule is CC(C)CNS(=O)(=O)c1ccc(CN=C(N)Nc2ccccc2OC(F)(F)F)cc1. The standard InChI is InChI=1S/C19H23F3N4O3S/c1-13(2)11-25-30(27,28)15-9-7-14(8-10-15)12-24-18(23)26-16-5-3-4-6-17(16)29-19(20,21)22/h3-10,13,25H,11-12H2,1-2H3,(H3,23,24,26). The van der Waals surface area contributed by atoms with Crippen molar-refractivity contribution in [3.05, 3.63) is 54.1 Å². The van der Waals surface area contributed by atoms with Crippen molar-refractivity contribution >= 4 is 21.7 Å². The van der Waals surface area contributed by atoms with Gasteiger partial charge in [-0.05, 0) is 35.7 Å². The Bertz CT molecular complexity index is 975. The molecule has 0 aromatic heterocycles. The van der Waals surface area contributed by atoms with Crippen molar-refractivity contribution in [1.29, 1.82) is 0 Å². The zero-order valence-electron chi connectivity index (χ0n) is 16.4. The minimum absolute atomic E-state index is 0.00810. The van der Waals surface area contributed by atoms with E-state index >= 15 is 0 Å². The van der Waals surface area contributed by atoms with Gasteiger partial charge in [0.25, 0.3) is 0 Å². The third kappa shape index (κ3) is 7.56. The number of benzene rings is 2. The predicted octanol–water partition coefficient (Wildman–Crippen LogP) is 3.45. The Kier molecular flexibility index (Phi) is 7.68. The average molecular weight is 444 g/mol. The molecule has 11 heteroatoms. The van der Waals surface area contributed by atoms with Crippen LogP contribution in [0.2, 0.25) is 0 Å². The van der Waals surface area contributed by atoms with Gasteiger partial charge < -0.3 is 15.8 Å². The maximum Gasteiger partial charge on any atom is 0.573 e. The van der Waals surface area contributed by atoms with E-state index in [-0.39, 0.29) is 29.0 Å². The molecule has 0 amide bonds. The van der Waals surface area contributed by atoms with E-state index in [1.807, 2.05) is 13.8 Å². The molecule has 4 N–H and O–H groups in total. The second-order valence-electron chi connectivity index (χ2n) is 6.76. The number of sulfonamides is 1. The Labute approximate surface area is 173 Å². The van der Waals surface area contributed by atoms with Crippen LogP contribution in [0.4, 0.5) is 18.9 Å². The van der Waals surface area contributed by atoms with E-state index in [1.165, 1.54) is 30.3 Å². The smallest absolute Gasteiger partial charge is 0.404 e. The molecule has 0 atom stereocenters. The Morgan fingerprint density at radius 3 is 2.37 bits per heavy atom. The number of hydrogen-bond donors (Lipinski definition) is 3. The normalized spacial score (nSPS) is 12.8. The van der Waals surface area contributed by atoms with E-state index in [0.29, 0.717) is 12.1 Å². The number of aliphatic imine (C=N–C) groups is 1. The summed E-state index contributed by atoms with van der Waals surface area (Å²) in [6.45, 7) is 4.22. The van der Waals surface area contributed by atoms with Crippen LogP contribution in [0.5, 0.6) is 5.75 Å². The molecule has 0 saturated heterocycles. The summed E-state index contributed by atoms with van der Waals surface area (Å²) < 4.78 is 68.3. The molecule has 0 aliphatic heterocycles. The fraction of sp³-hybridized carbons (Fsp3) is 0.316. The third-order valence-corrected chi connectivity index (χ3v) is 5.16. The lowest BCUT2D eigenvalue weighted by molar-refractivity contribution is -0.274. The fourth-order valence-corrected chi connectivity index (χ4v) is 3.49. The summed E-state index contributed by atoms with van der Waals surface area (Å²) in [5, 5.41) is 2.56. The predicted molar refractivity (Wildman–Crippen MR) is 109 cm³/mol. The lowest BCUT2D eigenvalue weighted by Crippen LogP contribution is -2.27. The Hall–Kier alpha value is -2.79. The molecule has 7 nitrogen and oxygen atoms in total. The molecular formula is C19H23F3N4O3S. The van der Waals surface area contributed by atoms with Crippen molar-refractivity contribution in [2.24, 2.45) is 16.6 Å². The first kappa shape index (κ1) is 23.5. The highest BCUT2D eigenvalue weighted by molar-refractivity contribution is 7.89. The number of anilines is 1. The summed E-state index contributed by atoms with van der Waals surface area (Å²) >= 11 is 0. The number of ether oxygens (including phenoxy) is 1. The number of halogens is 3. The van der Waals surface area contributed by atoms with Crippen molar-refractivity contribution in [3.63, 3.8) is 0 Å².